The minimum absolute atomic E-state index is 0.0195. The first-order valence-electron chi connectivity index (χ1n) is 8.67. The third-order valence-electron chi connectivity index (χ3n) is 4.16. The van der Waals surface area contributed by atoms with Crippen LogP contribution in [0.2, 0.25) is 5.02 Å². The molecule has 2 aromatic rings. The van der Waals surface area contributed by atoms with E-state index in [1.54, 1.807) is 18.2 Å². The van der Waals surface area contributed by atoms with Crippen LogP contribution in [0.25, 0.3) is 6.08 Å². The standard InChI is InChI=1S/C21H15Br2ClN2O3S/c1-2-7-26-20(28)14(19(27)25-21(26)30)8-12-9-15(22)18(16(23)10-12)29-11-13-5-3-4-6-17(13)24/h2-6,8-10H,1,7,11H2,(H,25,27,30)/b14-8+. The third kappa shape index (κ3) is 5.00. The van der Waals surface area contributed by atoms with Gasteiger partial charge in [0.25, 0.3) is 11.8 Å². The molecule has 0 radical (unpaired) electrons. The number of halogens is 3. The van der Waals surface area contributed by atoms with Gasteiger partial charge in [-0.15, -0.1) is 6.58 Å². The molecule has 1 aliphatic heterocycles. The van der Waals surface area contributed by atoms with Crippen LogP contribution in [0.5, 0.6) is 5.75 Å². The van der Waals surface area contributed by atoms with Crippen molar-refractivity contribution in [3.63, 3.8) is 0 Å². The molecule has 0 unspecified atom stereocenters. The quantitative estimate of drug-likeness (QED) is 0.223. The van der Waals surface area contributed by atoms with Gasteiger partial charge in [-0.1, -0.05) is 35.9 Å². The summed E-state index contributed by atoms with van der Waals surface area (Å²) in [6.07, 6.45) is 3.04. The summed E-state index contributed by atoms with van der Waals surface area (Å²) in [4.78, 5) is 26.2. The maximum atomic E-state index is 12.7. The molecule has 9 heteroatoms. The van der Waals surface area contributed by atoms with E-state index in [0.29, 0.717) is 25.3 Å². The Labute approximate surface area is 201 Å². The van der Waals surface area contributed by atoms with Crippen LogP contribution in [0.4, 0.5) is 0 Å². The molecule has 1 aliphatic rings. The normalized spacial score (nSPS) is 15.4. The maximum Gasteiger partial charge on any atom is 0.265 e. The Hall–Kier alpha value is -2.00. The number of carbonyl (C=O) groups is 2. The molecule has 154 valence electrons. The number of benzene rings is 2. The largest absolute Gasteiger partial charge is 0.486 e. The van der Waals surface area contributed by atoms with Gasteiger partial charge in [-0.25, -0.2) is 0 Å². The molecule has 1 N–H and O–H groups in total. The first kappa shape index (κ1) is 22.7. The van der Waals surface area contributed by atoms with Crippen LogP contribution in [0.3, 0.4) is 0 Å². The molecule has 1 fully saturated rings. The minimum atomic E-state index is -0.545. The van der Waals surface area contributed by atoms with E-state index in [4.69, 9.17) is 28.6 Å². The topological polar surface area (TPSA) is 58.6 Å². The van der Waals surface area contributed by atoms with Crippen LogP contribution in [0.15, 0.2) is 63.6 Å². The Bertz CT molecular complexity index is 1060. The van der Waals surface area contributed by atoms with E-state index in [2.05, 4.69) is 43.8 Å². The molecule has 5 nitrogen and oxygen atoms in total. The van der Waals surface area contributed by atoms with Crippen molar-refractivity contribution in [3.8, 4) is 5.75 Å². The van der Waals surface area contributed by atoms with E-state index in [1.165, 1.54) is 17.1 Å². The van der Waals surface area contributed by atoms with Gasteiger partial charge in [0.15, 0.2) is 5.11 Å². The van der Waals surface area contributed by atoms with Crippen molar-refractivity contribution in [2.45, 2.75) is 6.61 Å². The number of carbonyl (C=O) groups excluding carboxylic acids is 2. The van der Waals surface area contributed by atoms with E-state index in [9.17, 15) is 9.59 Å². The Balaban J connectivity index is 1.86. The first-order chi connectivity index (χ1) is 14.3. The minimum Gasteiger partial charge on any atom is -0.486 e. The van der Waals surface area contributed by atoms with E-state index in [0.717, 1.165) is 5.56 Å². The van der Waals surface area contributed by atoms with Crippen molar-refractivity contribution in [2.75, 3.05) is 6.54 Å². The highest BCUT2D eigenvalue weighted by Gasteiger charge is 2.32. The number of rotatable bonds is 6. The van der Waals surface area contributed by atoms with E-state index in [-0.39, 0.29) is 23.8 Å². The van der Waals surface area contributed by atoms with Crippen LogP contribution < -0.4 is 10.1 Å². The second-order valence-electron chi connectivity index (χ2n) is 6.22. The zero-order valence-corrected chi connectivity index (χ0v) is 20.2. The molecule has 2 amide bonds. The molecule has 0 saturated carbocycles. The summed E-state index contributed by atoms with van der Waals surface area (Å²) in [5, 5.41) is 3.20. The summed E-state index contributed by atoms with van der Waals surface area (Å²) in [5.41, 5.74) is 1.46. The predicted octanol–water partition coefficient (Wildman–Crippen LogP) is 5.26. The van der Waals surface area contributed by atoms with Gasteiger partial charge in [0.05, 0.1) is 8.95 Å². The summed E-state index contributed by atoms with van der Waals surface area (Å²) >= 11 is 18.2. The monoisotopic (exact) mass is 568 g/mol. The Kier molecular flexibility index (Phi) is 7.46. The molecule has 2 aromatic carbocycles. The fourth-order valence-corrected chi connectivity index (χ4v) is 4.61. The van der Waals surface area contributed by atoms with Crippen molar-refractivity contribution in [1.82, 2.24) is 10.2 Å². The fourth-order valence-electron chi connectivity index (χ4n) is 2.72. The van der Waals surface area contributed by atoms with Crippen molar-refractivity contribution in [3.05, 3.63) is 79.7 Å². The van der Waals surface area contributed by atoms with Gasteiger partial charge >= 0.3 is 0 Å². The summed E-state index contributed by atoms with van der Waals surface area (Å²) in [6, 6.07) is 10.9. The van der Waals surface area contributed by atoms with Crippen LogP contribution in [-0.4, -0.2) is 28.4 Å². The number of hydrogen-bond acceptors (Lipinski definition) is 4. The number of thiocarbonyl (C=S) groups is 1. The van der Waals surface area contributed by atoms with Gasteiger partial charge < -0.3 is 4.74 Å². The smallest absolute Gasteiger partial charge is 0.265 e. The van der Waals surface area contributed by atoms with Crippen LogP contribution >= 0.6 is 55.7 Å². The lowest BCUT2D eigenvalue weighted by Crippen LogP contribution is -2.53. The Morgan fingerprint density at radius 2 is 1.87 bits per heavy atom. The van der Waals surface area contributed by atoms with Crippen molar-refractivity contribution in [1.29, 1.82) is 0 Å². The second kappa shape index (κ2) is 9.87. The molecule has 0 aliphatic carbocycles. The number of amides is 2. The van der Waals surface area contributed by atoms with Gasteiger partial charge in [0, 0.05) is 17.1 Å². The maximum absolute atomic E-state index is 12.7. The molecule has 0 spiro atoms. The molecular formula is C21H15Br2ClN2O3S. The summed E-state index contributed by atoms with van der Waals surface area (Å²) in [6.45, 7) is 4.10. The molecule has 30 heavy (non-hydrogen) atoms. The number of nitrogens with zero attached hydrogens (tertiary/aromatic N) is 1. The fraction of sp³-hybridized carbons (Fsp3) is 0.0952. The van der Waals surface area contributed by atoms with E-state index >= 15 is 0 Å². The Morgan fingerprint density at radius 3 is 2.50 bits per heavy atom. The molecule has 1 saturated heterocycles. The average molecular weight is 571 g/mol. The van der Waals surface area contributed by atoms with E-state index < -0.39 is 11.8 Å². The van der Waals surface area contributed by atoms with Crippen LogP contribution in [0.1, 0.15) is 11.1 Å². The lowest BCUT2D eigenvalue weighted by molar-refractivity contribution is -0.128. The number of nitrogens with one attached hydrogen (secondary N) is 1. The van der Waals surface area contributed by atoms with Crippen molar-refractivity contribution < 1.29 is 14.3 Å². The summed E-state index contributed by atoms with van der Waals surface area (Å²) < 4.78 is 7.20. The average Bonchev–Trinajstić information content (AvgIpc) is 2.69. The highest BCUT2D eigenvalue weighted by Crippen LogP contribution is 2.36. The molecule has 3 rings (SSSR count). The van der Waals surface area contributed by atoms with Gasteiger partial charge in [-0.3, -0.25) is 19.8 Å². The molecular weight excluding hydrogens is 556 g/mol. The van der Waals surface area contributed by atoms with Crippen LogP contribution in [-0.2, 0) is 16.2 Å². The van der Waals surface area contributed by atoms with Gasteiger partial charge in [0.2, 0.25) is 0 Å². The predicted molar refractivity (Wildman–Crippen MR) is 128 cm³/mol. The molecule has 0 bridgehead atoms. The molecule has 0 atom stereocenters. The Morgan fingerprint density at radius 1 is 1.20 bits per heavy atom. The lowest BCUT2D eigenvalue weighted by Gasteiger charge is -2.27. The highest BCUT2D eigenvalue weighted by atomic mass is 79.9. The number of hydrogen-bond donors (Lipinski definition) is 1. The van der Waals surface area contributed by atoms with Gasteiger partial charge in [0.1, 0.15) is 17.9 Å². The summed E-state index contributed by atoms with van der Waals surface area (Å²) in [5.74, 6) is -0.447. The molecule has 0 aromatic heterocycles. The highest BCUT2D eigenvalue weighted by molar-refractivity contribution is 9.11. The molecule has 1 heterocycles. The van der Waals surface area contributed by atoms with Gasteiger partial charge in [-0.05, 0) is 73.9 Å². The summed E-state index contributed by atoms with van der Waals surface area (Å²) in [7, 11) is 0. The SMILES string of the molecule is C=CCN1C(=O)/C(=C/c2cc(Br)c(OCc3ccccc3Cl)c(Br)c2)C(=O)NC1=S. The van der Waals surface area contributed by atoms with E-state index in [1.807, 2.05) is 18.2 Å². The van der Waals surface area contributed by atoms with Crippen molar-refractivity contribution in [2.24, 2.45) is 0 Å². The second-order valence-corrected chi connectivity index (χ2v) is 8.72. The zero-order chi connectivity index (χ0) is 21.8. The zero-order valence-electron chi connectivity index (χ0n) is 15.5. The third-order valence-corrected chi connectivity index (χ3v) is 6.03. The number of ether oxygens (including phenoxy) is 1. The van der Waals surface area contributed by atoms with Crippen molar-refractivity contribution >= 4 is 78.7 Å². The van der Waals surface area contributed by atoms with Crippen LogP contribution in [0, 0.1) is 0 Å². The first-order valence-corrected chi connectivity index (χ1v) is 11.0. The lowest BCUT2D eigenvalue weighted by atomic mass is 10.1. The van der Waals surface area contributed by atoms with Gasteiger partial charge in [-0.2, -0.15) is 0 Å².